The van der Waals surface area contributed by atoms with Crippen molar-refractivity contribution in [2.75, 3.05) is 32.9 Å². The summed E-state index contributed by atoms with van der Waals surface area (Å²) in [5, 5.41) is 12.7. The first-order valence-corrected chi connectivity index (χ1v) is 14.0. The molecule has 0 aromatic heterocycles. The van der Waals surface area contributed by atoms with Crippen LogP contribution in [-0.4, -0.2) is 95.3 Å². The normalized spacial score (nSPS) is 26.2. The lowest BCUT2D eigenvalue weighted by atomic mass is 9.79. The fourth-order valence-corrected chi connectivity index (χ4v) is 6.66. The van der Waals surface area contributed by atoms with Gasteiger partial charge in [0.1, 0.15) is 25.5 Å². The van der Waals surface area contributed by atoms with E-state index in [1.807, 2.05) is 13.0 Å². The van der Waals surface area contributed by atoms with Gasteiger partial charge >= 0.3 is 18.2 Å². The fourth-order valence-electron chi connectivity index (χ4n) is 5.12. The van der Waals surface area contributed by atoms with Crippen molar-refractivity contribution >= 4 is 35.8 Å². The molecule has 0 aliphatic carbocycles. The van der Waals surface area contributed by atoms with E-state index in [0.29, 0.717) is 17.9 Å². The number of rotatable bonds is 13. The highest BCUT2D eigenvalue weighted by atomic mass is 32.2. The number of likely N-dealkylation sites (tertiary alicyclic amines) is 1. The summed E-state index contributed by atoms with van der Waals surface area (Å²) < 4.78 is 15.5. The molecule has 0 spiro atoms. The Hall–Kier alpha value is -3.51. The third kappa shape index (κ3) is 6.79. The zero-order chi connectivity index (χ0) is 29.4. The molecule has 2 fully saturated rings. The Kier molecular flexibility index (Phi) is 11.0. The maximum Gasteiger partial charge on any atom is 0.410 e. The number of nitrogens with zero attached hydrogens (tertiary/aromatic N) is 2. The van der Waals surface area contributed by atoms with Gasteiger partial charge in [-0.25, -0.2) is 14.4 Å². The number of β-lactam (4-membered cyclic amide) rings is 1. The summed E-state index contributed by atoms with van der Waals surface area (Å²) in [6.45, 7) is 14.8. The largest absolute Gasteiger partial charge is 0.457 e. The minimum Gasteiger partial charge on any atom is -0.457 e. The zero-order valence-electron chi connectivity index (χ0n) is 22.8. The van der Waals surface area contributed by atoms with Gasteiger partial charge in [-0.2, -0.15) is 0 Å². The number of carbonyl (C=O) groups is 4. The SMILES string of the molecule is C=CCOC(=O)NC/C=C/[C@@H]1C[C@H](SC2=C(C(=O)OCC=C)N3C(=O)[C@H]([C@@H](C)O)[C@H]3[C@H]2C)CN1C(=O)OCC=C. The fraction of sp³-hybridized carbons (Fsp3) is 0.500. The van der Waals surface area contributed by atoms with Gasteiger partial charge in [-0.3, -0.25) is 4.79 Å². The Bertz CT molecular complexity index is 1090. The Labute approximate surface area is 238 Å². The van der Waals surface area contributed by atoms with Crippen molar-refractivity contribution in [1.82, 2.24) is 15.1 Å². The van der Waals surface area contributed by atoms with Gasteiger partial charge in [0.2, 0.25) is 5.91 Å². The average molecular weight is 576 g/mol. The topological polar surface area (TPSA) is 135 Å². The molecule has 3 heterocycles. The summed E-state index contributed by atoms with van der Waals surface area (Å²) in [7, 11) is 0. The number of esters is 1. The Morgan fingerprint density at radius 1 is 1.12 bits per heavy atom. The van der Waals surface area contributed by atoms with Crippen LogP contribution in [-0.2, 0) is 23.8 Å². The molecular weight excluding hydrogens is 538 g/mol. The molecule has 0 bridgehead atoms. The summed E-state index contributed by atoms with van der Waals surface area (Å²) in [5.41, 5.74) is 0.188. The number of hydrogen-bond acceptors (Lipinski definition) is 9. The molecule has 3 aliphatic heterocycles. The standard InChI is InChI=1S/C28H37N3O8S/c1-6-12-37-26(34)23-24(17(4)22-21(18(5)32)25(33)31(22)23)40-20-15-19(30(16-20)28(36)39-14-8-3)10-9-11-29-27(35)38-13-7-2/h6-10,17-22,32H,1-3,11-16H2,4-5H3,(H,29,35)/b10-9+/t17-,18-,19-,20+,21-,22-/m1/s1. The highest BCUT2D eigenvalue weighted by Crippen LogP contribution is 2.52. The molecule has 3 amide bonds. The Morgan fingerprint density at radius 2 is 1.77 bits per heavy atom. The Balaban J connectivity index is 1.79. The molecule has 12 heteroatoms. The number of ether oxygens (including phenoxy) is 3. The van der Waals surface area contributed by atoms with Crippen molar-refractivity contribution in [2.45, 2.75) is 43.7 Å². The van der Waals surface area contributed by atoms with Gasteiger partial charge in [-0.15, -0.1) is 11.8 Å². The van der Waals surface area contributed by atoms with Gasteiger partial charge in [0.25, 0.3) is 0 Å². The number of amides is 3. The van der Waals surface area contributed by atoms with Gasteiger partial charge in [0.15, 0.2) is 0 Å². The van der Waals surface area contributed by atoms with Crippen molar-refractivity contribution in [3.63, 3.8) is 0 Å². The molecular formula is C28H37N3O8S. The van der Waals surface area contributed by atoms with Gasteiger partial charge in [-0.05, 0) is 13.3 Å². The van der Waals surface area contributed by atoms with Crippen LogP contribution < -0.4 is 5.32 Å². The molecule has 0 unspecified atom stereocenters. The van der Waals surface area contributed by atoms with Crippen molar-refractivity contribution in [3.05, 3.63) is 60.7 Å². The number of carbonyl (C=O) groups excluding carboxylic acids is 4. The minimum atomic E-state index is -0.857. The van der Waals surface area contributed by atoms with E-state index >= 15 is 0 Å². The minimum absolute atomic E-state index is 0.00439. The van der Waals surface area contributed by atoms with Crippen LogP contribution >= 0.6 is 11.8 Å². The Morgan fingerprint density at radius 3 is 2.42 bits per heavy atom. The molecule has 2 N–H and O–H groups in total. The highest BCUT2D eigenvalue weighted by Gasteiger charge is 2.60. The van der Waals surface area contributed by atoms with Gasteiger partial charge in [0, 0.05) is 29.2 Å². The summed E-state index contributed by atoms with van der Waals surface area (Å²) in [6.07, 6.45) is 6.53. The molecule has 3 rings (SSSR count). The van der Waals surface area contributed by atoms with E-state index in [-0.39, 0.29) is 61.2 Å². The second kappa shape index (κ2) is 14.2. The molecule has 6 atom stereocenters. The summed E-state index contributed by atoms with van der Waals surface area (Å²) >= 11 is 1.43. The van der Waals surface area contributed by atoms with E-state index in [1.165, 1.54) is 34.9 Å². The van der Waals surface area contributed by atoms with Crippen LogP contribution in [0.25, 0.3) is 0 Å². The molecule has 218 valence electrons. The summed E-state index contributed by atoms with van der Waals surface area (Å²) in [4.78, 5) is 54.2. The number of thioether (sulfide) groups is 1. The smallest absolute Gasteiger partial charge is 0.410 e. The van der Waals surface area contributed by atoms with Gasteiger partial charge in [0.05, 0.1) is 24.1 Å². The second-order valence-electron chi connectivity index (χ2n) is 9.61. The van der Waals surface area contributed by atoms with Crippen LogP contribution in [0.1, 0.15) is 20.3 Å². The van der Waals surface area contributed by atoms with E-state index in [1.54, 1.807) is 17.9 Å². The van der Waals surface area contributed by atoms with E-state index in [2.05, 4.69) is 25.1 Å². The first kappa shape index (κ1) is 31.0. The molecule has 2 saturated heterocycles. The van der Waals surface area contributed by atoms with Crippen molar-refractivity contribution in [1.29, 1.82) is 0 Å². The molecule has 11 nitrogen and oxygen atoms in total. The van der Waals surface area contributed by atoms with Crippen LogP contribution in [0, 0.1) is 11.8 Å². The van der Waals surface area contributed by atoms with Crippen LogP contribution in [0.5, 0.6) is 0 Å². The first-order chi connectivity index (χ1) is 19.2. The summed E-state index contributed by atoms with van der Waals surface area (Å²) in [6, 6.07) is -0.683. The third-order valence-electron chi connectivity index (χ3n) is 6.85. The molecule has 3 aliphatic rings. The van der Waals surface area contributed by atoms with Crippen molar-refractivity contribution in [3.8, 4) is 0 Å². The maximum absolute atomic E-state index is 13.0. The monoisotopic (exact) mass is 575 g/mol. The molecule has 0 saturated carbocycles. The van der Waals surface area contributed by atoms with Gasteiger partial charge < -0.3 is 34.4 Å². The first-order valence-electron chi connectivity index (χ1n) is 13.1. The van der Waals surface area contributed by atoms with E-state index in [0.717, 1.165) is 0 Å². The average Bonchev–Trinajstić information content (AvgIpc) is 3.43. The van der Waals surface area contributed by atoms with E-state index in [4.69, 9.17) is 14.2 Å². The third-order valence-corrected chi connectivity index (χ3v) is 8.34. The van der Waals surface area contributed by atoms with Crippen molar-refractivity contribution in [2.24, 2.45) is 11.8 Å². The quantitative estimate of drug-likeness (QED) is 0.147. The molecule has 0 aromatic rings. The number of aliphatic hydroxyl groups excluding tert-OH is 1. The predicted molar refractivity (Wildman–Crippen MR) is 150 cm³/mol. The van der Waals surface area contributed by atoms with E-state index in [9.17, 15) is 24.3 Å². The molecule has 0 radical (unpaired) electrons. The number of nitrogens with one attached hydrogen (secondary N) is 1. The highest BCUT2D eigenvalue weighted by molar-refractivity contribution is 8.03. The predicted octanol–water partition coefficient (Wildman–Crippen LogP) is 2.75. The zero-order valence-corrected chi connectivity index (χ0v) is 23.6. The lowest BCUT2D eigenvalue weighted by Gasteiger charge is -2.46. The van der Waals surface area contributed by atoms with Crippen LogP contribution in [0.3, 0.4) is 0 Å². The number of hydrogen-bond donors (Lipinski definition) is 2. The molecule has 0 aromatic carbocycles. The maximum atomic E-state index is 13.0. The van der Waals surface area contributed by atoms with Crippen LogP contribution in [0.4, 0.5) is 9.59 Å². The lowest BCUT2D eigenvalue weighted by molar-refractivity contribution is -0.164. The van der Waals surface area contributed by atoms with Crippen LogP contribution in [0.15, 0.2) is 60.7 Å². The lowest BCUT2D eigenvalue weighted by Crippen LogP contribution is -2.63. The number of fused-ring (bicyclic) bond motifs is 1. The number of alkyl carbamates (subject to hydrolysis) is 1. The second-order valence-corrected chi connectivity index (χ2v) is 11.0. The summed E-state index contributed by atoms with van der Waals surface area (Å²) in [5.74, 6) is -1.75. The van der Waals surface area contributed by atoms with E-state index < -0.39 is 30.2 Å². The van der Waals surface area contributed by atoms with Crippen molar-refractivity contribution < 1.29 is 38.5 Å². The van der Waals surface area contributed by atoms with Crippen LogP contribution in [0.2, 0.25) is 0 Å². The number of aliphatic hydroxyl groups is 1. The molecule has 40 heavy (non-hydrogen) atoms. The van der Waals surface area contributed by atoms with Gasteiger partial charge in [-0.1, -0.05) is 57.0 Å².